The Hall–Kier alpha value is -1.87. The molecule has 3 nitrogen and oxygen atoms in total. The molecule has 0 aliphatic heterocycles. The molecule has 0 spiro atoms. The second-order valence-electron chi connectivity index (χ2n) is 3.68. The number of rotatable bonds is 2. The lowest BCUT2D eigenvalue weighted by Crippen LogP contribution is -1.97. The molecule has 1 heterocycles. The Morgan fingerprint density at radius 2 is 2.06 bits per heavy atom. The monoisotopic (exact) mass is 247 g/mol. The van der Waals surface area contributed by atoms with Gasteiger partial charge in [-0.3, -0.25) is 0 Å². The first-order valence-corrected chi connectivity index (χ1v) is 5.42. The summed E-state index contributed by atoms with van der Waals surface area (Å²) < 4.78 is 0. The fraction of sp³-hybridized carbons (Fsp3) is 0.0769. The molecule has 0 bridgehead atoms. The molecule has 0 radical (unpaired) electrons. The van der Waals surface area contributed by atoms with E-state index in [2.05, 4.69) is 4.98 Å². The van der Waals surface area contributed by atoms with E-state index in [-0.39, 0.29) is 5.56 Å². The predicted octanol–water partition coefficient (Wildman–Crippen LogP) is 3.41. The van der Waals surface area contributed by atoms with E-state index in [1.165, 1.54) is 0 Å². The van der Waals surface area contributed by atoms with E-state index in [4.69, 9.17) is 16.7 Å². The summed E-state index contributed by atoms with van der Waals surface area (Å²) in [6.45, 7) is 1.85. The van der Waals surface area contributed by atoms with Crippen molar-refractivity contribution < 1.29 is 9.90 Å². The third kappa shape index (κ3) is 2.45. The number of aromatic carboxylic acids is 1. The van der Waals surface area contributed by atoms with Crippen molar-refractivity contribution >= 4 is 17.6 Å². The molecule has 86 valence electrons. The number of benzene rings is 1. The maximum absolute atomic E-state index is 10.8. The van der Waals surface area contributed by atoms with E-state index in [1.54, 1.807) is 24.3 Å². The minimum atomic E-state index is -0.932. The van der Waals surface area contributed by atoms with Crippen LogP contribution in [-0.2, 0) is 0 Å². The van der Waals surface area contributed by atoms with Gasteiger partial charge < -0.3 is 5.11 Å². The van der Waals surface area contributed by atoms with Crippen molar-refractivity contribution in [2.75, 3.05) is 0 Å². The first-order valence-electron chi connectivity index (χ1n) is 5.05. The highest BCUT2D eigenvalue weighted by Gasteiger charge is 2.08. The molecule has 1 aromatic heterocycles. The summed E-state index contributed by atoms with van der Waals surface area (Å²) in [6, 6.07) is 10.3. The first-order chi connectivity index (χ1) is 8.08. The van der Waals surface area contributed by atoms with Crippen molar-refractivity contribution in [2.45, 2.75) is 6.92 Å². The van der Waals surface area contributed by atoms with E-state index in [0.29, 0.717) is 5.15 Å². The maximum atomic E-state index is 10.8. The van der Waals surface area contributed by atoms with Gasteiger partial charge in [0.15, 0.2) is 0 Å². The average Bonchev–Trinajstić information content (AvgIpc) is 2.28. The smallest absolute Gasteiger partial charge is 0.335 e. The maximum Gasteiger partial charge on any atom is 0.335 e. The normalized spacial score (nSPS) is 10.2. The molecule has 0 saturated heterocycles. The highest BCUT2D eigenvalue weighted by Crippen LogP contribution is 2.23. The zero-order chi connectivity index (χ0) is 12.4. The Labute approximate surface area is 104 Å². The van der Waals surface area contributed by atoms with Gasteiger partial charge in [-0.1, -0.05) is 23.7 Å². The summed E-state index contributed by atoms with van der Waals surface area (Å²) >= 11 is 5.82. The first kappa shape index (κ1) is 11.6. The quantitative estimate of drug-likeness (QED) is 0.828. The van der Waals surface area contributed by atoms with Crippen molar-refractivity contribution in [3.05, 3.63) is 52.7 Å². The van der Waals surface area contributed by atoms with Gasteiger partial charge in [0, 0.05) is 5.56 Å². The van der Waals surface area contributed by atoms with Crippen molar-refractivity contribution in [2.24, 2.45) is 0 Å². The number of carbonyl (C=O) groups is 1. The summed E-state index contributed by atoms with van der Waals surface area (Å²) in [4.78, 5) is 15.0. The molecule has 4 heteroatoms. The Kier molecular flexibility index (Phi) is 3.11. The lowest BCUT2D eigenvalue weighted by Gasteiger charge is -2.06. The topological polar surface area (TPSA) is 50.2 Å². The number of aryl methyl sites for hydroxylation is 1. The molecule has 0 unspecified atom stereocenters. The van der Waals surface area contributed by atoms with Crippen LogP contribution in [-0.4, -0.2) is 16.1 Å². The van der Waals surface area contributed by atoms with Crippen LogP contribution in [0.25, 0.3) is 11.3 Å². The van der Waals surface area contributed by atoms with Crippen molar-refractivity contribution in [1.82, 2.24) is 4.98 Å². The van der Waals surface area contributed by atoms with Crippen LogP contribution in [0, 0.1) is 6.92 Å². The highest BCUT2D eigenvalue weighted by atomic mass is 35.5. The Balaban J connectivity index is 2.50. The van der Waals surface area contributed by atoms with Gasteiger partial charge in [-0.2, -0.15) is 0 Å². The van der Waals surface area contributed by atoms with Crippen LogP contribution in [0.4, 0.5) is 0 Å². The van der Waals surface area contributed by atoms with Gasteiger partial charge in [-0.05, 0) is 36.8 Å². The summed E-state index contributed by atoms with van der Waals surface area (Å²) in [5.41, 5.74) is 2.76. The van der Waals surface area contributed by atoms with E-state index in [1.807, 2.05) is 19.1 Å². The van der Waals surface area contributed by atoms with Gasteiger partial charge in [0.2, 0.25) is 0 Å². The third-order valence-electron chi connectivity index (χ3n) is 2.46. The summed E-state index contributed by atoms with van der Waals surface area (Å²) in [5.74, 6) is -0.932. The van der Waals surface area contributed by atoms with Gasteiger partial charge in [-0.25, -0.2) is 9.78 Å². The molecule has 0 aliphatic carbocycles. The van der Waals surface area contributed by atoms with E-state index in [0.717, 1.165) is 16.8 Å². The van der Waals surface area contributed by atoms with E-state index in [9.17, 15) is 4.79 Å². The van der Waals surface area contributed by atoms with Crippen LogP contribution in [0.2, 0.25) is 5.15 Å². The lowest BCUT2D eigenvalue weighted by atomic mass is 10.0. The second kappa shape index (κ2) is 4.55. The Bertz CT molecular complexity index is 581. The molecule has 1 N–H and O–H groups in total. The van der Waals surface area contributed by atoms with Gasteiger partial charge >= 0.3 is 5.97 Å². The molecular formula is C13H10ClNO2. The third-order valence-corrected chi connectivity index (χ3v) is 2.67. The van der Waals surface area contributed by atoms with Crippen LogP contribution >= 0.6 is 11.6 Å². The molecule has 0 aliphatic rings. The largest absolute Gasteiger partial charge is 0.478 e. The number of hydrogen-bond donors (Lipinski definition) is 1. The molecule has 17 heavy (non-hydrogen) atoms. The zero-order valence-corrected chi connectivity index (χ0v) is 9.90. The van der Waals surface area contributed by atoms with E-state index < -0.39 is 5.97 Å². The zero-order valence-electron chi connectivity index (χ0n) is 9.14. The van der Waals surface area contributed by atoms with E-state index >= 15 is 0 Å². The number of halogens is 1. The lowest BCUT2D eigenvalue weighted by molar-refractivity contribution is 0.0697. The Morgan fingerprint density at radius 3 is 2.65 bits per heavy atom. The molecule has 2 aromatic rings. The molecule has 0 atom stereocenters. The molecule has 0 saturated carbocycles. The molecule has 1 aromatic carbocycles. The van der Waals surface area contributed by atoms with Crippen LogP contribution in [0.15, 0.2) is 36.4 Å². The fourth-order valence-corrected chi connectivity index (χ4v) is 1.81. The van der Waals surface area contributed by atoms with Crippen LogP contribution < -0.4 is 0 Å². The van der Waals surface area contributed by atoms with Gasteiger partial charge in [0.1, 0.15) is 5.15 Å². The molecule has 2 rings (SSSR count). The van der Waals surface area contributed by atoms with Crippen LogP contribution in [0.1, 0.15) is 15.9 Å². The summed E-state index contributed by atoms with van der Waals surface area (Å²) in [7, 11) is 0. The van der Waals surface area contributed by atoms with Crippen molar-refractivity contribution in [3.63, 3.8) is 0 Å². The number of pyridine rings is 1. The van der Waals surface area contributed by atoms with Gasteiger partial charge in [0.05, 0.1) is 11.3 Å². The standard InChI is InChI=1S/C13H10ClNO2/c1-8-7-9(13(16)17)5-6-10(8)11-3-2-4-12(14)15-11/h2-7H,1H3,(H,16,17). The van der Waals surface area contributed by atoms with Crippen LogP contribution in [0.3, 0.4) is 0 Å². The predicted molar refractivity (Wildman–Crippen MR) is 66.4 cm³/mol. The number of carboxylic acid groups (broad SMARTS) is 1. The van der Waals surface area contributed by atoms with Crippen molar-refractivity contribution in [1.29, 1.82) is 0 Å². The van der Waals surface area contributed by atoms with Crippen molar-refractivity contribution in [3.8, 4) is 11.3 Å². The Morgan fingerprint density at radius 1 is 1.29 bits per heavy atom. The highest BCUT2D eigenvalue weighted by molar-refractivity contribution is 6.29. The number of aromatic nitrogens is 1. The SMILES string of the molecule is Cc1cc(C(=O)O)ccc1-c1cccc(Cl)n1. The molecular weight excluding hydrogens is 238 g/mol. The number of carboxylic acids is 1. The minimum absolute atomic E-state index is 0.272. The minimum Gasteiger partial charge on any atom is -0.478 e. The number of hydrogen-bond acceptors (Lipinski definition) is 2. The average molecular weight is 248 g/mol. The second-order valence-corrected chi connectivity index (χ2v) is 4.07. The summed E-state index contributed by atoms with van der Waals surface area (Å²) in [5, 5.41) is 9.30. The fourth-order valence-electron chi connectivity index (χ4n) is 1.64. The molecule has 0 fully saturated rings. The number of nitrogens with zero attached hydrogens (tertiary/aromatic N) is 1. The van der Waals surface area contributed by atoms with Crippen LogP contribution in [0.5, 0.6) is 0 Å². The van der Waals surface area contributed by atoms with Gasteiger partial charge in [0.25, 0.3) is 0 Å². The molecule has 0 amide bonds. The van der Waals surface area contributed by atoms with Gasteiger partial charge in [-0.15, -0.1) is 0 Å². The summed E-state index contributed by atoms with van der Waals surface area (Å²) in [6.07, 6.45) is 0.